The SMILES string of the molecule is Cc1ccccc1COc1cccn(CC(=O)O)c1=O. The highest BCUT2D eigenvalue weighted by Gasteiger charge is 2.07. The molecule has 20 heavy (non-hydrogen) atoms. The van der Waals surface area contributed by atoms with Crippen molar-refractivity contribution in [3.8, 4) is 5.75 Å². The van der Waals surface area contributed by atoms with Gasteiger partial charge in [0.25, 0.3) is 5.56 Å². The Labute approximate surface area is 116 Å². The van der Waals surface area contributed by atoms with E-state index >= 15 is 0 Å². The lowest BCUT2D eigenvalue weighted by Gasteiger charge is -2.09. The average Bonchev–Trinajstić information content (AvgIpc) is 2.41. The van der Waals surface area contributed by atoms with E-state index in [0.29, 0.717) is 0 Å². The molecule has 0 fully saturated rings. The summed E-state index contributed by atoms with van der Waals surface area (Å²) in [5.74, 6) is -0.917. The van der Waals surface area contributed by atoms with Gasteiger partial charge in [0, 0.05) is 6.20 Å². The Hall–Kier alpha value is -2.56. The monoisotopic (exact) mass is 273 g/mol. The first kappa shape index (κ1) is 13.9. The van der Waals surface area contributed by atoms with Crippen molar-refractivity contribution in [3.63, 3.8) is 0 Å². The summed E-state index contributed by atoms with van der Waals surface area (Å²) in [7, 11) is 0. The average molecular weight is 273 g/mol. The van der Waals surface area contributed by atoms with E-state index in [-0.39, 0.29) is 18.9 Å². The minimum Gasteiger partial charge on any atom is -0.483 e. The van der Waals surface area contributed by atoms with Gasteiger partial charge in [0.05, 0.1) is 0 Å². The van der Waals surface area contributed by atoms with Crippen molar-refractivity contribution in [2.24, 2.45) is 0 Å². The highest BCUT2D eigenvalue weighted by Crippen LogP contribution is 2.11. The summed E-state index contributed by atoms with van der Waals surface area (Å²) < 4.78 is 6.61. The Morgan fingerprint density at radius 1 is 1.25 bits per heavy atom. The molecule has 0 bridgehead atoms. The Morgan fingerprint density at radius 3 is 2.70 bits per heavy atom. The van der Waals surface area contributed by atoms with E-state index in [1.807, 2.05) is 31.2 Å². The fourth-order valence-corrected chi connectivity index (χ4v) is 1.82. The van der Waals surface area contributed by atoms with E-state index in [4.69, 9.17) is 9.84 Å². The predicted molar refractivity (Wildman–Crippen MR) is 73.8 cm³/mol. The number of carbonyl (C=O) groups is 1. The Bertz CT molecular complexity index is 676. The van der Waals surface area contributed by atoms with E-state index in [1.54, 1.807) is 12.1 Å². The molecule has 2 rings (SSSR count). The first-order valence-corrected chi connectivity index (χ1v) is 6.16. The molecule has 1 aromatic heterocycles. The van der Waals surface area contributed by atoms with Crippen LogP contribution in [0.3, 0.4) is 0 Å². The minimum atomic E-state index is -1.07. The molecule has 104 valence electrons. The van der Waals surface area contributed by atoms with Crippen LogP contribution in [0.5, 0.6) is 5.75 Å². The number of carboxylic acids is 1. The van der Waals surface area contributed by atoms with Gasteiger partial charge >= 0.3 is 5.97 Å². The van der Waals surface area contributed by atoms with Gasteiger partial charge in [-0.05, 0) is 30.2 Å². The Morgan fingerprint density at radius 2 is 2.00 bits per heavy atom. The van der Waals surface area contributed by atoms with Crippen LogP contribution in [0.15, 0.2) is 47.4 Å². The highest BCUT2D eigenvalue weighted by molar-refractivity contribution is 5.66. The second-order valence-electron chi connectivity index (χ2n) is 4.41. The third kappa shape index (κ3) is 3.26. The van der Waals surface area contributed by atoms with E-state index in [2.05, 4.69) is 0 Å². The summed E-state index contributed by atoms with van der Waals surface area (Å²) in [6, 6.07) is 10.9. The molecule has 0 saturated heterocycles. The fourth-order valence-electron chi connectivity index (χ4n) is 1.82. The van der Waals surface area contributed by atoms with Crippen molar-refractivity contribution in [1.29, 1.82) is 0 Å². The van der Waals surface area contributed by atoms with Gasteiger partial charge < -0.3 is 14.4 Å². The molecule has 0 radical (unpaired) electrons. The molecule has 0 aliphatic heterocycles. The Kier molecular flexibility index (Phi) is 4.20. The summed E-state index contributed by atoms with van der Waals surface area (Å²) in [5, 5.41) is 8.73. The highest BCUT2D eigenvalue weighted by atomic mass is 16.5. The number of benzene rings is 1. The minimum absolute atomic E-state index is 0.150. The molecular weight excluding hydrogens is 258 g/mol. The van der Waals surface area contributed by atoms with Crippen LogP contribution >= 0.6 is 0 Å². The molecule has 0 saturated carbocycles. The van der Waals surface area contributed by atoms with E-state index in [1.165, 1.54) is 6.20 Å². The summed E-state index contributed by atoms with van der Waals surface area (Å²) >= 11 is 0. The topological polar surface area (TPSA) is 68.5 Å². The van der Waals surface area contributed by atoms with Crippen LogP contribution in [-0.2, 0) is 17.9 Å². The molecule has 0 unspecified atom stereocenters. The first-order chi connectivity index (χ1) is 9.58. The van der Waals surface area contributed by atoms with E-state index < -0.39 is 11.5 Å². The zero-order valence-corrected chi connectivity index (χ0v) is 11.1. The molecule has 0 aliphatic rings. The number of carboxylic acid groups (broad SMARTS) is 1. The molecule has 0 spiro atoms. The van der Waals surface area contributed by atoms with Gasteiger partial charge in [0.1, 0.15) is 13.2 Å². The van der Waals surface area contributed by atoms with Gasteiger partial charge in [-0.2, -0.15) is 0 Å². The number of aromatic nitrogens is 1. The van der Waals surface area contributed by atoms with Gasteiger partial charge in [0.2, 0.25) is 0 Å². The normalized spacial score (nSPS) is 10.2. The molecule has 0 amide bonds. The van der Waals surface area contributed by atoms with E-state index in [9.17, 15) is 9.59 Å². The second-order valence-corrected chi connectivity index (χ2v) is 4.41. The van der Waals surface area contributed by atoms with E-state index in [0.717, 1.165) is 15.7 Å². The van der Waals surface area contributed by atoms with Gasteiger partial charge in [-0.25, -0.2) is 0 Å². The molecule has 5 heteroatoms. The number of rotatable bonds is 5. The van der Waals surface area contributed by atoms with Gasteiger partial charge in [0.15, 0.2) is 5.75 Å². The summed E-state index contributed by atoms with van der Waals surface area (Å²) in [6.07, 6.45) is 1.43. The van der Waals surface area contributed by atoms with Crippen molar-refractivity contribution in [1.82, 2.24) is 4.57 Å². The molecule has 0 aliphatic carbocycles. The first-order valence-electron chi connectivity index (χ1n) is 6.16. The molecule has 5 nitrogen and oxygen atoms in total. The van der Waals surface area contributed by atoms with Crippen LogP contribution in [0.1, 0.15) is 11.1 Å². The third-order valence-electron chi connectivity index (χ3n) is 2.94. The standard InChI is InChI=1S/C15H15NO4/c1-11-5-2-3-6-12(11)10-20-13-7-4-8-16(15(13)19)9-14(17)18/h2-8H,9-10H2,1H3,(H,17,18). The van der Waals surface area contributed by atoms with Crippen LogP contribution in [0, 0.1) is 6.92 Å². The molecule has 0 atom stereocenters. The smallest absolute Gasteiger partial charge is 0.323 e. The van der Waals surface area contributed by atoms with Gasteiger partial charge in [-0.3, -0.25) is 9.59 Å². The van der Waals surface area contributed by atoms with Gasteiger partial charge in [-0.1, -0.05) is 24.3 Å². The molecule has 1 heterocycles. The summed E-state index contributed by atoms with van der Waals surface area (Å²) in [4.78, 5) is 22.6. The zero-order chi connectivity index (χ0) is 14.5. The maximum atomic E-state index is 12.0. The lowest BCUT2D eigenvalue weighted by molar-refractivity contribution is -0.137. The maximum Gasteiger partial charge on any atom is 0.323 e. The van der Waals surface area contributed by atoms with Crippen LogP contribution in [0.2, 0.25) is 0 Å². The summed E-state index contributed by atoms with van der Waals surface area (Å²) in [5.41, 5.74) is 1.62. The zero-order valence-electron chi connectivity index (χ0n) is 11.1. The quantitative estimate of drug-likeness (QED) is 0.902. The molecular formula is C15H15NO4. The molecule has 2 aromatic rings. The maximum absolute atomic E-state index is 12.0. The van der Waals surface area contributed by atoms with Gasteiger partial charge in [-0.15, -0.1) is 0 Å². The number of hydrogen-bond donors (Lipinski definition) is 1. The molecule has 1 aromatic carbocycles. The number of hydrogen-bond acceptors (Lipinski definition) is 3. The number of nitrogens with zero attached hydrogens (tertiary/aromatic N) is 1. The summed E-state index contributed by atoms with van der Waals surface area (Å²) in [6.45, 7) is 1.87. The van der Waals surface area contributed by atoms with Crippen LogP contribution in [-0.4, -0.2) is 15.6 Å². The number of aryl methyl sites for hydroxylation is 1. The van der Waals surface area contributed by atoms with Crippen molar-refractivity contribution in [2.75, 3.05) is 0 Å². The predicted octanol–water partition coefficient (Wildman–Crippen LogP) is 1.82. The Balaban J connectivity index is 2.16. The number of pyridine rings is 1. The van der Waals surface area contributed by atoms with Crippen LogP contribution in [0.4, 0.5) is 0 Å². The molecule has 1 N–H and O–H groups in total. The lowest BCUT2D eigenvalue weighted by Crippen LogP contribution is -2.24. The second kappa shape index (κ2) is 6.06. The van der Waals surface area contributed by atoms with Crippen molar-refractivity contribution < 1.29 is 14.6 Å². The third-order valence-corrected chi connectivity index (χ3v) is 2.94. The largest absolute Gasteiger partial charge is 0.483 e. The number of aliphatic carboxylic acids is 1. The van der Waals surface area contributed by atoms with Crippen LogP contribution in [0.25, 0.3) is 0 Å². The number of ether oxygens (including phenoxy) is 1. The van der Waals surface area contributed by atoms with Crippen LogP contribution < -0.4 is 10.3 Å². The van der Waals surface area contributed by atoms with Crippen molar-refractivity contribution in [2.45, 2.75) is 20.1 Å². The van der Waals surface area contributed by atoms with Crippen molar-refractivity contribution >= 4 is 5.97 Å². The van der Waals surface area contributed by atoms with Crippen molar-refractivity contribution in [3.05, 3.63) is 64.1 Å². The fraction of sp³-hybridized carbons (Fsp3) is 0.200. The lowest BCUT2D eigenvalue weighted by atomic mass is 10.1.